The van der Waals surface area contributed by atoms with Crippen LogP contribution >= 0.6 is 0 Å². The van der Waals surface area contributed by atoms with Crippen molar-refractivity contribution in [3.05, 3.63) is 82.3 Å². The second-order valence-corrected chi connectivity index (χ2v) is 8.35. The largest absolute Gasteiger partial charge is 0.324 e. The van der Waals surface area contributed by atoms with Crippen LogP contribution in [0.4, 0.5) is 25.1 Å². The molecule has 0 aliphatic rings. The van der Waals surface area contributed by atoms with E-state index in [2.05, 4.69) is 20.7 Å². The minimum Gasteiger partial charge on any atom is -0.322 e. The fourth-order valence-corrected chi connectivity index (χ4v) is 3.18. The number of pyridine rings is 1. The van der Waals surface area contributed by atoms with E-state index in [0.29, 0.717) is 22.7 Å². The molecule has 2 amide bonds. The highest BCUT2D eigenvalue weighted by molar-refractivity contribution is 5.99. The first-order valence-electron chi connectivity index (χ1n) is 9.88. The van der Waals surface area contributed by atoms with Crippen LogP contribution in [0, 0.1) is 11.6 Å². The summed E-state index contributed by atoms with van der Waals surface area (Å²) in [5.74, 6) is -1.86. The molecule has 0 saturated carbocycles. The number of anilines is 2. The van der Waals surface area contributed by atoms with Gasteiger partial charge in [0.1, 0.15) is 5.82 Å². The number of hydrogen-bond acceptors (Lipinski definition) is 3. The van der Waals surface area contributed by atoms with Gasteiger partial charge >= 0.3 is 6.03 Å². The van der Waals surface area contributed by atoms with Gasteiger partial charge in [0.25, 0.3) is 0 Å². The Hall–Kier alpha value is -4.01. The molecule has 3 N–H and O–H groups in total. The molecule has 0 fully saturated rings. The van der Waals surface area contributed by atoms with Crippen molar-refractivity contribution in [3.63, 3.8) is 0 Å². The third-order valence-electron chi connectivity index (χ3n) is 4.87. The second kappa shape index (κ2) is 7.92. The van der Waals surface area contributed by atoms with Crippen LogP contribution in [-0.2, 0) is 5.41 Å². The van der Waals surface area contributed by atoms with Crippen LogP contribution in [0.5, 0.6) is 0 Å². The summed E-state index contributed by atoms with van der Waals surface area (Å²) in [6.07, 6.45) is 0. The molecular weight excluding hydrogens is 416 g/mol. The third-order valence-corrected chi connectivity index (χ3v) is 4.87. The van der Waals surface area contributed by atoms with Gasteiger partial charge in [-0.3, -0.25) is 10.1 Å². The Labute approximate surface area is 182 Å². The van der Waals surface area contributed by atoms with Crippen LogP contribution < -0.4 is 16.2 Å². The van der Waals surface area contributed by atoms with Gasteiger partial charge < -0.3 is 10.3 Å². The topological polar surface area (TPSA) is 91.8 Å². The van der Waals surface area contributed by atoms with Crippen molar-refractivity contribution < 1.29 is 13.6 Å². The van der Waals surface area contributed by atoms with E-state index in [9.17, 15) is 18.4 Å². The summed E-state index contributed by atoms with van der Waals surface area (Å²) < 4.78 is 28.9. The van der Waals surface area contributed by atoms with Crippen LogP contribution in [0.15, 0.2) is 59.4 Å². The average molecular weight is 437 g/mol. The Bertz CT molecular complexity index is 1390. The van der Waals surface area contributed by atoms with Crippen LogP contribution in [-0.4, -0.2) is 20.8 Å². The highest BCUT2D eigenvalue weighted by Gasteiger charge is 2.22. The molecule has 2 aromatic carbocycles. The summed E-state index contributed by atoms with van der Waals surface area (Å²) in [4.78, 5) is 26.8. The van der Waals surface area contributed by atoms with Gasteiger partial charge in [-0.05, 0) is 36.4 Å². The molecule has 0 radical (unpaired) electrons. The monoisotopic (exact) mass is 437 g/mol. The number of rotatable bonds is 3. The Morgan fingerprint density at radius 2 is 1.81 bits per heavy atom. The number of benzene rings is 2. The van der Waals surface area contributed by atoms with E-state index in [-0.39, 0.29) is 16.7 Å². The van der Waals surface area contributed by atoms with Crippen LogP contribution in [0.1, 0.15) is 26.5 Å². The lowest BCUT2D eigenvalue weighted by Gasteiger charge is -2.14. The highest BCUT2D eigenvalue weighted by Crippen LogP contribution is 2.27. The van der Waals surface area contributed by atoms with E-state index >= 15 is 0 Å². The van der Waals surface area contributed by atoms with Crippen LogP contribution in [0.3, 0.4) is 0 Å². The number of nitrogens with one attached hydrogen (secondary N) is 3. The van der Waals surface area contributed by atoms with Crippen molar-refractivity contribution in [1.29, 1.82) is 0 Å². The predicted molar refractivity (Wildman–Crippen MR) is 119 cm³/mol. The summed E-state index contributed by atoms with van der Waals surface area (Å²) in [6.45, 7) is 5.95. The lowest BCUT2D eigenvalue weighted by Crippen LogP contribution is -2.22. The molecule has 4 rings (SSSR count). The van der Waals surface area contributed by atoms with Gasteiger partial charge in [0.2, 0.25) is 5.56 Å². The minimum atomic E-state index is -1.14. The lowest BCUT2D eigenvalue weighted by atomic mass is 9.92. The normalized spacial score (nSPS) is 11.5. The number of urea groups is 1. The molecule has 0 bridgehead atoms. The summed E-state index contributed by atoms with van der Waals surface area (Å²) in [6, 6.07) is 12.9. The summed E-state index contributed by atoms with van der Waals surface area (Å²) >= 11 is 0. The molecule has 4 aromatic rings. The van der Waals surface area contributed by atoms with Gasteiger partial charge in [0.05, 0.1) is 17.1 Å². The molecule has 7 nitrogen and oxygen atoms in total. The Kier molecular flexibility index (Phi) is 5.25. The maximum atomic E-state index is 13.9. The first-order valence-corrected chi connectivity index (χ1v) is 9.88. The van der Waals surface area contributed by atoms with E-state index in [1.807, 2.05) is 26.8 Å². The maximum absolute atomic E-state index is 13.9. The van der Waals surface area contributed by atoms with E-state index in [4.69, 9.17) is 0 Å². The molecule has 2 heterocycles. The standard InChI is InChI=1S/C23H21F2N5O2/c1-23(2,3)18-12-19(28-22(32)27-17-6-4-5-15(24)21(17)25)30(29-18)14-8-9-16-13(11-14)7-10-20(31)26-16/h4-12H,1-3H3,(H,26,31)(H2,27,28,32). The quantitative estimate of drug-likeness (QED) is 0.424. The molecule has 0 aliphatic heterocycles. The van der Waals surface area contributed by atoms with E-state index in [1.165, 1.54) is 18.2 Å². The first-order chi connectivity index (χ1) is 15.1. The number of amides is 2. The SMILES string of the molecule is CC(C)(C)c1cc(NC(=O)Nc2cccc(F)c2F)n(-c2ccc3[nH]c(=O)ccc3c2)n1. The minimum absolute atomic E-state index is 0.206. The van der Waals surface area contributed by atoms with Crippen LogP contribution in [0.25, 0.3) is 16.6 Å². The summed E-state index contributed by atoms with van der Waals surface area (Å²) in [7, 11) is 0. The van der Waals surface area contributed by atoms with Gasteiger partial charge in [-0.25, -0.2) is 18.3 Å². The first kappa shape index (κ1) is 21.2. The molecule has 0 atom stereocenters. The van der Waals surface area contributed by atoms with Crippen molar-refractivity contribution in [3.8, 4) is 5.69 Å². The molecule has 0 aliphatic carbocycles. The highest BCUT2D eigenvalue weighted by atomic mass is 19.2. The fourth-order valence-electron chi connectivity index (χ4n) is 3.18. The van der Waals surface area contributed by atoms with Gasteiger partial charge in [0.15, 0.2) is 11.6 Å². The Balaban J connectivity index is 1.71. The van der Waals surface area contributed by atoms with Crippen molar-refractivity contribution in [2.24, 2.45) is 0 Å². The number of fused-ring (bicyclic) bond motifs is 1. The summed E-state index contributed by atoms with van der Waals surface area (Å²) in [5, 5.41) is 10.4. The molecule has 32 heavy (non-hydrogen) atoms. The molecule has 2 aromatic heterocycles. The molecular formula is C23H21F2N5O2. The van der Waals surface area contributed by atoms with Crippen molar-refractivity contribution in [2.75, 3.05) is 10.6 Å². The smallest absolute Gasteiger partial charge is 0.322 e. The Morgan fingerprint density at radius 1 is 1.03 bits per heavy atom. The second-order valence-electron chi connectivity index (χ2n) is 8.35. The number of halogens is 2. The molecule has 0 unspecified atom stereocenters. The fraction of sp³-hybridized carbons (Fsp3) is 0.174. The number of carbonyl (C=O) groups is 1. The molecule has 164 valence electrons. The number of hydrogen-bond donors (Lipinski definition) is 3. The zero-order chi connectivity index (χ0) is 23.0. The van der Waals surface area contributed by atoms with Crippen molar-refractivity contribution in [1.82, 2.24) is 14.8 Å². The van der Waals surface area contributed by atoms with Gasteiger partial charge in [-0.2, -0.15) is 5.10 Å². The number of aromatic nitrogens is 3. The van der Waals surface area contributed by atoms with Crippen LogP contribution in [0.2, 0.25) is 0 Å². The van der Waals surface area contributed by atoms with Gasteiger partial charge in [0, 0.05) is 28.5 Å². The summed E-state index contributed by atoms with van der Waals surface area (Å²) in [5.41, 5.74) is 1.23. The maximum Gasteiger partial charge on any atom is 0.324 e. The lowest BCUT2D eigenvalue weighted by molar-refractivity contribution is 0.262. The van der Waals surface area contributed by atoms with E-state index in [0.717, 1.165) is 11.5 Å². The zero-order valence-electron chi connectivity index (χ0n) is 17.7. The Morgan fingerprint density at radius 3 is 2.56 bits per heavy atom. The number of nitrogens with zero attached hydrogens (tertiary/aromatic N) is 2. The predicted octanol–water partition coefficient (Wildman–Crippen LogP) is 4.93. The number of H-pyrrole nitrogens is 1. The molecule has 0 saturated heterocycles. The molecule has 0 spiro atoms. The number of carbonyl (C=O) groups excluding carboxylic acids is 1. The average Bonchev–Trinajstić information content (AvgIpc) is 3.15. The van der Waals surface area contributed by atoms with E-state index < -0.39 is 17.7 Å². The van der Waals surface area contributed by atoms with Gasteiger partial charge in [-0.15, -0.1) is 0 Å². The van der Waals surface area contributed by atoms with Crippen molar-refractivity contribution >= 4 is 28.4 Å². The zero-order valence-corrected chi connectivity index (χ0v) is 17.7. The van der Waals surface area contributed by atoms with Gasteiger partial charge in [-0.1, -0.05) is 26.8 Å². The van der Waals surface area contributed by atoms with E-state index in [1.54, 1.807) is 28.9 Å². The number of aromatic amines is 1. The molecule has 9 heteroatoms. The van der Waals surface area contributed by atoms with Crippen molar-refractivity contribution in [2.45, 2.75) is 26.2 Å². The third kappa shape index (κ3) is 4.22.